The SMILES string of the molecule is CCN(C)C1(CN)CCC(C)(C)CC1. The second-order valence-corrected chi connectivity index (χ2v) is 5.61. The fourth-order valence-corrected chi connectivity index (χ4v) is 2.47. The minimum Gasteiger partial charge on any atom is -0.329 e. The normalized spacial score (nSPS) is 25.3. The summed E-state index contributed by atoms with van der Waals surface area (Å²) >= 11 is 0. The molecule has 1 saturated carbocycles. The summed E-state index contributed by atoms with van der Waals surface area (Å²) in [6.45, 7) is 8.89. The Bertz CT molecular complexity index is 177. The molecule has 84 valence electrons. The Morgan fingerprint density at radius 1 is 1.14 bits per heavy atom. The van der Waals surface area contributed by atoms with E-state index < -0.39 is 0 Å². The molecule has 1 rings (SSSR count). The molecule has 1 aliphatic rings. The minimum absolute atomic E-state index is 0.296. The minimum atomic E-state index is 0.296. The summed E-state index contributed by atoms with van der Waals surface area (Å²) in [6.07, 6.45) is 5.16. The van der Waals surface area contributed by atoms with Gasteiger partial charge in [-0.2, -0.15) is 0 Å². The van der Waals surface area contributed by atoms with Crippen LogP contribution in [0.2, 0.25) is 0 Å². The van der Waals surface area contributed by atoms with E-state index in [-0.39, 0.29) is 0 Å². The summed E-state index contributed by atoms with van der Waals surface area (Å²) in [5.41, 5.74) is 6.79. The second kappa shape index (κ2) is 4.19. The molecule has 0 heterocycles. The lowest BCUT2D eigenvalue weighted by atomic mass is 9.69. The first kappa shape index (κ1) is 12.0. The van der Waals surface area contributed by atoms with E-state index in [9.17, 15) is 0 Å². The van der Waals surface area contributed by atoms with Gasteiger partial charge in [0.15, 0.2) is 0 Å². The number of likely N-dealkylation sites (N-methyl/N-ethyl adjacent to an activating group) is 1. The van der Waals surface area contributed by atoms with Crippen molar-refractivity contribution in [1.82, 2.24) is 4.90 Å². The Labute approximate surface area is 88.8 Å². The maximum atomic E-state index is 5.96. The van der Waals surface area contributed by atoms with Crippen molar-refractivity contribution in [2.45, 2.75) is 52.0 Å². The molecule has 0 atom stereocenters. The molecule has 0 radical (unpaired) electrons. The lowest BCUT2D eigenvalue weighted by Crippen LogP contribution is -2.54. The first-order chi connectivity index (χ1) is 6.46. The van der Waals surface area contributed by atoms with Crippen molar-refractivity contribution in [3.63, 3.8) is 0 Å². The van der Waals surface area contributed by atoms with Crippen LogP contribution in [0, 0.1) is 5.41 Å². The molecule has 1 fully saturated rings. The van der Waals surface area contributed by atoms with Crippen LogP contribution in [0.3, 0.4) is 0 Å². The van der Waals surface area contributed by atoms with Crippen molar-refractivity contribution in [3.05, 3.63) is 0 Å². The molecule has 0 saturated heterocycles. The maximum Gasteiger partial charge on any atom is 0.0329 e. The Hall–Kier alpha value is -0.0800. The van der Waals surface area contributed by atoms with Gasteiger partial charge >= 0.3 is 0 Å². The van der Waals surface area contributed by atoms with Crippen LogP contribution in [0.1, 0.15) is 46.5 Å². The third kappa shape index (κ3) is 2.29. The van der Waals surface area contributed by atoms with Crippen LogP contribution >= 0.6 is 0 Å². The summed E-state index contributed by atoms with van der Waals surface area (Å²) in [5.74, 6) is 0. The summed E-state index contributed by atoms with van der Waals surface area (Å²) in [7, 11) is 2.21. The first-order valence-electron chi connectivity index (χ1n) is 5.87. The molecule has 0 bridgehead atoms. The van der Waals surface area contributed by atoms with E-state index in [1.807, 2.05) is 0 Å². The number of nitrogens with zero attached hydrogens (tertiary/aromatic N) is 1. The highest BCUT2D eigenvalue weighted by Crippen LogP contribution is 2.41. The van der Waals surface area contributed by atoms with Gasteiger partial charge in [-0.3, -0.25) is 4.90 Å². The largest absolute Gasteiger partial charge is 0.329 e. The zero-order valence-electron chi connectivity index (χ0n) is 10.3. The monoisotopic (exact) mass is 198 g/mol. The van der Waals surface area contributed by atoms with Crippen LogP contribution in [-0.4, -0.2) is 30.6 Å². The highest BCUT2D eigenvalue weighted by atomic mass is 15.2. The van der Waals surface area contributed by atoms with E-state index in [0.29, 0.717) is 11.0 Å². The average molecular weight is 198 g/mol. The van der Waals surface area contributed by atoms with Gasteiger partial charge in [0.2, 0.25) is 0 Å². The zero-order valence-corrected chi connectivity index (χ0v) is 10.3. The lowest BCUT2D eigenvalue weighted by Gasteiger charge is -2.48. The molecule has 0 aromatic rings. The van der Waals surface area contributed by atoms with E-state index in [0.717, 1.165) is 13.1 Å². The van der Waals surface area contributed by atoms with E-state index in [1.165, 1.54) is 25.7 Å². The van der Waals surface area contributed by atoms with E-state index in [4.69, 9.17) is 5.73 Å². The third-order valence-corrected chi connectivity index (χ3v) is 4.20. The molecule has 0 aromatic carbocycles. The Morgan fingerprint density at radius 2 is 1.64 bits per heavy atom. The Kier molecular flexibility index (Phi) is 3.59. The van der Waals surface area contributed by atoms with Crippen molar-refractivity contribution >= 4 is 0 Å². The molecule has 1 aliphatic carbocycles. The van der Waals surface area contributed by atoms with Crippen molar-refractivity contribution in [2.75, 3.05) is 20.1 Å². The predicted molar refractivity (Wildman–Crippen MR) is 62.3 cm³/mol. The van der Waals surface area contributed by atoms with Gasteiger partial charge in [-0.15, -0.1) is 0 Å². The standard InChI is InChI=1S/C12H26N2/c1-5-14(4)12(10-13)8-6-11(2,3)7-9-12/h5-10,13H2,1-4H3. The Balaban J connectivity index is 2.66. The number of nitrogens with two attached hydrogens (primary N) is 1. The van der Waals surface area contributed by atoms with Crippen molar-refractivity contribution < 1.29 is 0 Å². The zero-order chi connectivity index (χ0) is 10.8. The summed E-state index contributed by atoms with van der Waals surface area (Å²) < 4.78 is 0. The van der Waals surface area contributed by atoms with Gasteiger partial charge in [-0.05, 0) is 44.7 Å². The van der Waals surface area contributed by atoms with E-state index >= 15 is 0 Å². The second-order valence-electron chi connectivity index (χ2n) is 5.61. The van der Waals surface area contributed by atoms with Crippen LogP contribution < -0.4 is 5.73 Å². The van der Waals surface area contributed by atoms with Crippen molar-refractivity contribution in [2.24, 2.45) is 11.1 Å². The molecule has 0 spiro atoms. The fraction of sp³-hybridized carbons (Fsp3) is 1.00. The summed E-state index contributed by atoms with van der Waals surface area (Å²) in [4.78, 5) is 2.45. The molecule has 0 unspecified atom stereocenters. The van der Waals surface area contributed by atoms with Gasteiger partial charge in [0, 0.05) is 12.1 Å². The van der Waals surface area contributed by atoms with Crippen LogP contribution in [0.4, 0.5) is 0 Å². The smallest absolute Gasteiger partial charge is 0.0329 e. The quantitative estimate of drug-likeness (QED) is 0.753. The number of rotatable bonds is 3. The highest BCUT2D eigenvalue weighted by molar-refractivity contribution is 4.96. The highest BCUT2D eigenvalue weighted by Gasteiger charge is 2.39. The first-order valence-corrected chi connectivity index (χ1v) is 5.87. The molecule has 2 nitrogen and oxygen atoms in total. The molecular formula is C12H26N2. The number of hydrogen-bond donors (Lipinski definition) is 1. The van der Waals surface area contributed by atoms with Crippen molar-refractivity contribution in [3.8, 4) is 0 Å². The predicted octanol–water partition coefficient (Wildman–Crippen LogP) is 2.24. The van der Waals surface area contributed by atoms with Crippen LogP contribution in [0.15, 0.2) is 0 Å². The van der Waals surface area contributed by atoms with Crippen LogP contribution in [0.5, 0.6) is 0 Å². The van der Waals surface area contributed by atoms with Crippen molar-refractivity contribution in [1.29, 1.82) is 0 Å². The molecule has 2 heteroatoms. The van der Waals surface area contributed by atoms with Gasteiger partial charge < -0.3 is 5.73 Å². The topological polar surface area (TPSA) is 29.3 Å². The molecule has 0 aromatic heterocycles. The molecule has 0 aliphatic heterocycles. The van der Waals surface area contributed by atoms with Gasteiger partial charge in [0.25, 0.3) is 0 Å². The maximum absolute atomic E-state index is 5.96. The number of hydrogen-bond acceptors (Lipinski definition) is 2. The van der Waals surface area contributed by atoms with E-state index in [2.05, 4.69) is 32.7 Å². The van der Waals surface area contributed by atoms with Crippen LogP contribution in [0.25, 0.3) is 0 Å². The lowest BCUT2D eigenvalue weighted by molar-refractivity contribution is 0.0453. The molecule has 2 N–H and O–H groups in total. The van der Waals surface area contributed by atoms with Gasteiger partial charge in [0.1, 0.15) is 0 Å². The van der Waals surface area contributed by atoms with E-state index in [1.54, 1.807) is 0 Å². The molecule has 0 amide bonds. The third-order valence-electron chi connectivity index (χ3n) is 4.20. The average Bonchev–Trinajstić information content (AvgIpc) is 2.18. The fourth-order valence-electron chi connectivity index (χ4n) is 2.47. The summed E-state index contributed by atoms with van der Waals surface area (Å²) in [5, 5.41) is 0. The van der Waals surface area contributed by atoms with Gasteiger partial charge in [-0.1, -0.05) is 20.8 Å². The molecular weight excluding hydrogens is 172 g/mol. The van der Waals surface area contributed by atoms with Gasteiger partial charge in [-0.25, -0.2) is 0 Å². The molecule has 14 heavy (non-hydrogen) atoms. The summed E-state index contributed by atoms with van der Waals surface area (Å²) in [6, 6.07) is 0. The Morgan fingerprint density at radius 3 is 2.00 bits per heavy atom. The van der Waals surface area contributed by atoms with Crippen LogP contribution in [-0.2, 0) is 0 Å². The van der Waals surface area contributed by atoms with Gasteiger partial charge in [0.05, 0.1) is 0 Å².